The number of fused-ring (bicyclic) bond motifs is 1. The van der Waals surface area contributed by atoms with E-state index in [1.54, 1.807) is 24.3 Å². The van der Waals surface area contributed by atoms with E-state index in [2.05, 4.69) is 0 Å². The van der Waals surface area contributed by atoms with E-state index in [1.165, 1.54) is 4.90 Å². The molecule has 0 aromatic heterocycles. The quantitative estimate of drug-likeness (QED) is 0.454. The summed E-state index contributed by atoms with van der Waals surface area (Å²) in [7, 11) is 0. The average molecular weight is 381 g/mol. The third kappa shape index (κ3) is 3.79. The average Bonchev–Trinajstić information content (AvgIpc) is 3.22. The fraction of sp³-hybridized carbons (Fsp3) is 0.364. The predicted molar refractivity (Wildman–Crippen MR) is 103 cm³/mol. The van der Waals surface area contributed by atoms with Crippen molar-refractivity contribution in [1.29, 1.82) is 0 Å². The number of imide groups is 1. The van der Waals surface area contributed by atoms with Crippen molar-refractivity contribution in [1.82, 2.24) is 4.90 Å². The molecule has 2 amide bonds. The topological polar surface area (TPSA) is 66.8 Å². The molecule has 0 spiro atoms. The molecule has 0 bridgehead atoms. The second kappa shape index (κ2) is 7.73. The molecule has 1 N–H and O–H groups in total. The summed E-state index contributed by atoms with van der Waals surface area (Å²) in [5.41, 5.74) is 2.00. The third-order valence-corrected chi connectivity index (χ3v) is 5.45. The zero-order valence-electron chi connectivity index (χ0n) is 15.8. The van der Waals surface area contributed by atoms with Gasteiger partial charge < -0.3 is 4.74 Å². The Labute approximate surface area is 164 Å². The highest BCUT2D eigenvalue weighted by molar-refractivity contribution is 6.21. The molecule has 2 aromatic carbocycles. The van der Waals surface area contributed by atoms with Gasteiger partial charge in [-0.3, -0.25) is 14.5 Å². The van der Waals surface area contributed by atoms with Gasteiger partial charge in [-0.2, -0.15) is 4.65 Å². The highest BCUT2D eigenvalue weighted by atomic mass is 16.5. The van der Waals surface area contributed by atoms with Crippen LogP contribution in [-0.2, 0) is 6.54 Å². The lowest BCUT2D eigenvalue weighted by atomic mass is 10.1. The van der Waals surface area contributed by atoms with Gasteiger partial charge in [0, 0.05) is 24.9 Å². The van der Waals surface area contributed by atoms with Crippen LogP contribution >= 0.6 is 0 Å². The molecule has 2 heterocycles. The van der Waals surface area contributed by atoms with Crippen molar-refractivity contribution in [3.63, 3.8) is 0 Å². The van der Waals surface area contributed by atoms with Crippen LogP contribution in [0.15, 0.2) is 48.5 Å². The fourth-order valence-corrected chi connectivity index (χ4v) is 4.01. The van der Waals surface area contributed by atoms with Crippen molar-refractivity contribution in [2.75, 3.05) is 26.2 Å². The largest absolute Gasteiger partial charge is 0.494 e. The molecule has 4 rings (SSSR count). The number of benzene rings is 2. The summed E-state index contributed by atoms with van der Waals surface area (Å²) in [5.74, 6) is 0.279. The Morgan fingerprint density at radius 1 is 0.964 bits per heavy atom. The molecule has 146 valence electrons. The summed E-state index contributed by atoms with van der Waals surface area (Å²) < 4.78 is 5.91. The Balaban J connectivity index is 1.29. The molecule has 6 heteroatoms. The Morgan fingerprint density at radius 2 is 1.64 bits per heavy atom. The van der Waals surface area contributed by atoms with Crippen LogP contribution in [0.5, 0.6) is 5.75 Å². The standard InChI is InChI=1S/C22H25N2O4/c25-21-19-9-1-2-10-20(19)22(26)23(21)11-6-14-28-18-8-5-7-17(15-18)16-24(27)12-3-4-13-24/h1-2,5,7-10,15,27H,3-4,6,11-14,16H2/q+1. The van der Waals surface area contributed by atoms with Crippen LogP contribution in [0.3, 0.4) is 0 Å². The zero-order chi connectivity index (χ0) is 19.6. The summed E-state index contributed by atoms with van der Waals surface area (Å²) in [6.07, 6.45) is 2.69. The van der Waals surface area contributed by atoms with Gasteiger partial charge in [0.2, 0.25) is 0 Å². The first-order valence-electron chi connectivity index (χ1n) is 9.82. The van der Waals surface area contributed by atoms with Crippen LogP contribution in [0.1, 0.15) is 45.5 Å². The van der Waals surface area contributed by atoms with Gasteiger partial charge in [0.05, 0.1) is 17.7 Å². The van der Waals surface area contributed by atoms with Gasteiger partial charge >= 0.3 is 0 Å². The summed E-state index contributed by atoms with van der Waals surface area (Å²) >= 11 is 0. The van der Waals surface area contributed by atoms with Gasteiger partial charge in [-0.05, 0) is 30.7 Å². The van der Waals surface area contributed by atoms with Gasteiger partial charge in [-0.15, -0.1) is 0 Å². The van der Waals surface area contributed by atoms with Crippen LogP contribution in [0.25, 0.3) is 0 Å². The lowest BCUT2D eigenvalue weighted by Crippen LogP contribution is -2.40. The molecule has 2 aliphatic rings. The summed E-state index contributed by atoms with van der Waals surface area (Å²) in [6, 6.07) is 14.7. The summed E-state index contributed by atoms with van der Waals surface area (Å²) in [4.78, 5) is 26.0. The minimum Gasteiger partial charge on any atom is -0.494 e. The van der Waals surface area contributed by atoms with Crippen LogP contribution in [0.4, 0.5) is 0 Å². The van der Waals surface area contributed by atoms with Crippen molar-refractivity contribution >= 4 is 11.8 Å². The number of quaternary nitrogens is 1. The SMILES string of the molecule is O=C1c2ccccc2C(=O)N1CCCOc1cccc(C[N+]2(O)CCCC2)c1. The van der Waals surface area contributed by atoms with Crippen LogP contribution in [-0.4, -0.2) is 52.8 Å². The minimum absolute atomic E-state index is 0.100. The van der Waals surface area contributed by atoms with Gasteiger partial charge in [-0.25, -0.2) is 5.21 Å². The molecule has 28 heavy (non-hydrogen) atoms. The number of ether oxygens (including phenoxy) is 1. The van der Waals surface area contributed by atoms with E-state index in [-0.39, 0.29) is 16.5 Å². The van der Waals surface area contributed by atoms with Crippen molar-refractivity contribution in [3.05, 3.63) is 65.2 Å². The molecular weight excluding hydrogens is 356 g/mol. The Kier molecular flexibility index (Phi) is 5.15. The van der Waals surface area contributed by atoms with E-state index < -0.39 is 0 Å². The number of carbonyl (C=O) groups is 2. The maximum Gasteiger partial charge on any atom is 0.261 e. The minimum atomic E-state index is -0.231. The highest BCUT2D eigenvalue weighted by Gasteiger charge is 2.34. The molecule has 1 fully saturated rings. The lowest BCUT2D eigenvalue weighted by molar-refractivity contribution is -1.10. The van der Waals surface area contributed by atoms with E-state index in [1.807, 2.05) is 24.3 Å². The number of nitrogens with zero attached hydrogens (tertiary/aromatic N) is 2. The third-order valence-electron chi connectivity index (χ3n) is 5.45. The summed E-state index contributed by atoms with van der Waals surface area (Å²) in [6.45, 7) is 2.93. The number of hydrogen-bond acceptors (Lipinski definition) is 4. The number of amides is 2. The maximum absolute atomic E-state index is 12.3. The second-order valence-corrected chi connectivity index (χ2v) is 7.56. The molecule has 2 aromatic rings. The molecule has 2 aliphatic heterocycles. The van der Waals surface area contributed by atoms with Crippen LogP contribution in [0.2, 0.25) is 0 Å². The van der Waals surface area contributed by atoms with Gasteiger partial charge in [0.25, 0.3) is 11.8 Å². The maximum atomic E-state index is 12.3. The van der Waals surface area contributed by atoms with Crippen LogP contribution < -0.4 is 4.74 Å². The van der Waals surface area contributed by atoms with E-state index in [0.717, 1.165) is 37.2 Å². The molecule has 1 saturated heterocycles. The molecule has 0 aliphatic carbocycles. The Hall–Kier alpha value is -2.70. The van der Waals surface area contributed by atoms with Gasteiger partial charge in [-0.1, -0.05) is 24.3 Å². The molecule has 0 saturated carbocycles. The van der Waals surface area contributed by atoms with E-state index in [0.29, 0.717) is 37.2 Å². The van der Waals surface area contributed by atoms with Crippen molar-refractivity contribution < 1.29 is 24.2 Å². The summed E-state index contributed by atoms with van der Waals surface area (Å²) in [5, 5.41) is 10.5. The molecule has 0 radical (unpaired) electrons. The number of rotatable bonds is 7. The van der Waals surface area contributed by atoms with Crippen molar-refractivity contribution in [2.45, 2.75) is 25.8 Å². The Bertz CT molecular complexity index is 855. The molecule has 0 unspecified atom stereocenters. The molecule has 6 nitrogen and oxygen atoms in total. The van der Waals surface area contributed by atoms with E-state index >= 15 is 0 Å². The second-order valence-electron chi connectivity index (χ2n) is 7.56. The van der Waals surface area contributed by atoms with Gasteiger partial charge in [0.15, 0.2) is 0 Å². The first-order chi connectivity index (χ1) is 13.6. The molecule has 0 atom stereocenters. The fourth-order valence-electron chi connectivity index (χ4n) is 4.01. The monoisotopic (exact) mass is 381 g/mol. The lowest BCUT2D eigenvalue weighted by Gasteiger charge is -2.24. The van der Waals surface area contributed by atoms with E-state index in [4.69, 9.17) is 4.74 Å². The van der Waals surface area contributed by atoms with Gasteiger partial charge in [0.1, 0.15) is 25.4 Å². The smallest absolute Gasteiger partial charge is 0.261 e. The van der Waals surface area contributed by atoms with Crippen molar-refractivity contribution in [3.8, 4) is 5.75 Å². The predicted octanol–water partition coefficient (Wildman–Crippen LogP) is 3.25. The first kappa shape index (κ1) is 18.7. The highest BCUT2D eigenvalue weighted by Crippen LogP contribution is 2.24. The number of carbonyl (C=O) groups excluding carboxylic acids is 2. The normalized spacial score (nSPS) is 17.8. The number of likely N-dealkylation sites (tertiary alicyclic amines) is 1. The van der Waals surface area contributed by atoms with E-state index in [9.17, 15) is 14.8 Å². The van der Waals surface area contributed by atoms with Crippen molar-refractivity contribution in [2.24, 2.45) is 0 Å². The number of hydrogen-bond donors (Lipinski definition) is 1. The Morgan fingerprint density at radius 3 is 2.32 bits per heavy atom. The van der Waals surface area contributed by atoms with Crippen LogP contribution in [0, 0.1) is 0 Å². The molecular formula is C22H25N2O4+. The first-order valence-corrected chi connectivity index (χ1v) is 9.82. The zero-order valence-corrected chi connectivity index (χ0v) is 15.8. The number of hydroxylamine groups is 3.